The van der Waals surface area contributed by atoms with Crippen molar-refractivity contribution >= 4 is 5.91 Å². The molecule has 2 rings (SSSR count). The maximum Gasteiger partial charge on any atom is 0.251 e. The standard InChI is InChI=1S/C14H18F2N2O/c1-14(3-5-18(2)6-4-14)17-13(19)10-7-11(15)9-12(16)8-10/h7-9H,3-6H2,1-2H3,(H,17,19). The van der Waals surface area contributed by atoms with Gasteiger partial charge in [-0.1, -0.05) is 0 Å². The van der Waals surface area contributed by atoms with Crippen LogP contribution in [0.5, 0.6) is 0 Å². The summed E-state index contributed by atoms with van der Waals surface area (Å²) in [4.78, 5) is 14.2. The van der Waals surface area contributed by atoms with Gasteiger partial charge in [0, 0.05) is 30.3 Å². The van der Waals surface area contributed by atoms with Gasteiger partial charge in [-0.15, -0.1) is 0 Å². The first-order chi connectivity index (χ1) is 8.88. The molecule has 1 fully saturated rings. The Morgan fingerprint density at radius 1 is 1.21 bits per heavy atom. The number of nitrogens with zero attached hydrogens (tertiary/aromatic N) is 1. The normalized spacial score (nSPS) is 19.2. The fourth-order valence-corrected chi connectivity index (χ4v) is 2.27. The summed E-state index contributed by atoms with van der Waals surface area (Å²) in [6, 6.07) is 2.86. The van der Waals surface area contributed by atoms with Crippen LogP contribution in [0.1, 0.15) is 30.1 Å². The molecule has 5 heteroatoms. The number of piperidine rings is 1. The topological polar surface area (TPSA) is 32.3 Å². The van der Waals surface area contributed by atoms with Crippen molar-refractivity contribution in [1.29, 1.82) is 0 Å². The number of carbonyl (C=O) groups is 1. The Kier molecular flexibility index (Phi) is 3.85. The number of rotatable bonds is 2. The molecule has 0 radical (unpaired) electrons. The van der Waals surface area contributed by atoms with Crippen LogP contribution in [0, 0.1) is 11.6 Å². The van der Waals surface area contributed by atoms with Crippen molar-refractivity contribution in [2.24, 2.45) is 0 Å². The van der Waals surface area contributed by atoms with Gasteiger partial charge in [-0.05, 0) is 38.9 Å². The molecule has 1 aliphatic rings. The first-order valence-electron chi connectivity index (χ1n) is 6.35. The average Bonchev–Trinajstić information content (AvgIpc) is 2.32. The van der Waals surface area contributed by atoms with E-state index in [0.29, 0.717) is 0 Å². The third-order valence-corrected chi connectivity index (χ3v) is 3.63. The van der Waals surface area contributed by atoms with Crippen LogP contribution in [-0.4, -0.2) is 36.5 Å². The highest BCUT2D eigenvalue weighted by atomic mass is 19.1. The molecule has 0 saturated carbocycles. The maximum atomic E-state index is 13.1. The molecule has 1 amide bonds. The Hall–Kier alpha value is -1.49. The molecule has 1 heterocycles. The molecule has 1 aromatic rings. The van der Waals surface area contributed by atoms with Crippen LogP contribution in [0.15, 0.2) is 18.2 Å². The molecule has 1 aliphatic heterocycles. The van der Waals surface area contributed by atoms with E-state index in [4.69, 9.17) is 0 Å². The summed E-state index contributed by atoms with van der Waals surface area (Å²) in [5.41, 5.74) is -0.288. The van der Waals surface area contributed by atoms with Crippen molar-refractivity contribution < 1.29 is 13.6 Å². The summed E-state index contributed by atoms with van der Waals surface area (Å²) in [7, 11) is 2.03. The Labute approximate surface area is 111 Å². The van der Waals surface area contributed by atoms with E-state index in [1.54, 1.807) is 0 Å². The van der Waals surface area contributed by atoms with Crippen LogP contribution in [0.4, 0.5) is 8.78 Å². The lowest BCUT2D eigenvalue weighted by Crippen LogP contribution is -2.52. The maximum absolute atomic E-state index is 13.1. The van der Waals surface area contributed by atoms with E-state index >= 15 is 0 Å². The van der Waals surface area contributed by atoms with Crippen LogP contribution in [-0.2, 0) is 0 Å². The van der Waals surface area contributed by atoms with Gasteiger partial charge in [0.15, 0.2) is 0 Å². The lowest BCUT2D eigenvalue weighted by molar-refractivity contribution is 0.0851. The number of halogens is 2. The van der Waals surface area contributed by atoms with Gasteiger partial charge in [0.05, 0.1) is 0 Å². The molecular formula is C14H18F2N2O. The lowest BCUT2D eigenvalue weighted by atomic mass is 9.89. The number of hydrogen-bond donors (Lipinski definition) is 1. The highest BCUT2D eigenvalue weighted by molar-refractivity contribution is 5.94. The molecule has 1 aromatic carbocycles. The van der Waals surface area contributed by atoms with Crippen LogP contribution < -0.4 is 5.32 Å². The third kappa shape index (κ3) is 3.50. The number of hydrogen-bond acceptors (Lipinski definition) is 2. The summed E-state index contributed by atoms with van der Waals surface area (Å²) < 4.78 is 26.2. The first kappa shape index (κ1) is 13.9. The molecule has 1 saturated heterocycles. The van der Waals surface area contributed by atoms with Gasteiger partial charge >= 0.3 is 0 Å². The minimum absolute atomic E-state index is 0.0256. The summed E-state index contributed by atoms with van der Waals surface area (Å²) >= 11 is 0. The minimum Gasteiger partial charge on any atom is -0.347 e. The second-order valence-electron chi connectivity index (χ2n) is 5.48. The summed E-state index contributed by atoms with van der Waals surface area (Å²) in [5, 5.41) is 2.89. The van der Waals surface area contributed by atoms with Gasteiger partial charge in [-0.25, -0.2) is 8.78 Å². The van der Waals surface area contributed by atoms with Crippen molar-refractivity contribution in [2.75, 3.05) is 20.1 Å². The second-order valence-corrected chi connectivity index (χ2v) is 5.48. The molecule has 3 nitrogen and oxygen atoms in total. The van der Waals surface area contributed by atoms with E-state index in [9.17, 15) is 13.6 Å². The van der Waals surface area contributed by atoms with E-state index in [1.807, 2.05) is 14.0 Å². The number of likely N-dealkylation sites (tertiary alicyclic amines) is 1. The van der Waals surface area contributed by atoms with Gasteiger partial charge in [-0.2, -0.15) is 0 Å². The predicted molar refractivity (Wildman–Crippen MR) is 69.0 cm³/mol. The highest BCUT2D eigenvalue weighted by Crippen LogP contribution is 2.21. The summed E-state index contributed by atoms with van der Waals surface area (Å²) in [6.07, 6.45) is 1.65. The Balaban J connectivity index is 2.08. The smallest absolute Gasteiger partial charge is 0.251 e. The molecule has 104 valence electrons. The fraction of sp³-hybridized carbons (Fsp3) is 0.500. The van der Waals surface area contributed by atoms with Gasteiger partial charge in [0.25, 0.3) is 5.91 Å². The molecule has 0 unspecified atom stereocenters. The Morgan fingerprint density at radius 2 is 1.74 bits per heavy atom. The molecule has 0 spiro atoms. The van der Waals surface area contributed by atoms with Gasteiger partial charge in [0.1, 0.15) is 11.6 Å². The van der Waals surface area contributed by atoms with Gasteiger partial charge in [-0.3, -0.25) is 4.79 Å². The van der Waals surface area contributed by atoms with Crippen molar-refractivity contribution in [3.8, 4) is 0 Å². The number of benzene rings is 1. The van der Waals surface area contributed by atoms with E-state index in [2.05, 4.69) is 10.2 Å². The van der Waals surface area contributed by atoms with E-state index in [-0.39, 0.29) is 11.1 Å². The molecule has 19 heavy (non-hydrogen) atoms. The predicted octanol–water partition coefficient (Wildman–Crippen LogP) is 2.18. The van der Waals surface area contributed by atoms with Crippen molar-refractivity contribution in [3.63, 3.8) is 0 Å². The van der Waals surface area contributed by atoms with Crippen molar-refractivity contribution in [3.05, 3.63) is 35.4 Å². The van der Waals surface area contributed by atoms with Crippen LogP contribution in [0.2, 0.25) is 0 Å². The molecule has 0 bridgehead atoms. The second kappa shape index (κ2) is 5.25. The van der Waals surface area contributed by atoms with E-state index in [0.717, 1.165) is 44.1 Å². The molecule has 0 atom stereocenters. The number of nitrogens with one attached hydrogen (secondary N) is 1. The molecule has 0 aliphatic carbocycles. The van der Waals surface area contributed by atoms with Crippen LogP contribution in [0.25, 0.3) is 0 Å². The Bertz CT molecular complexity index is 462. The first-order valence-corrected chi connectivity index (χ1v) is 6.35. The summed E-state index contributed by atoms with van der Waals surface area (Å²) in [5.74, 6) is -1.90. The van der Waals surface area contributed by atoms with Crippen molar-refractivity contribution in [1.82, 2.24) is 10.2 Å². The SMILES string of the molecule is CN1CCC(C)(NC(=O)c2cc(F)cc(F)c2)CC1. The van der Waals surface area contributed by atoms with Crippen molar-refractivity contribution in [2.45, 2.75) is 25.3 Å². The zero-order valence-electron chi connectivity index (χ0n) is 11.2. The number of carbonyl (C=O) groups excluding carboxylic acids is 1. The highest BCUT2D eigenvalue weighted by Gasteiger charge is 2.30. The zero-order valence-corrected chi connectivity index (χ0v) is 11.2. The van der Waals surface area contributed by atoms with Crippen LogP contribution in [0.3, 0.4) is 0 Å². The molecule has 0 aromatic heterocycles. The lowest BCUT2D eigenvalue weighted by Gasteiger charge is -2.38. The molecule has 1 N–H and O–H groups in total. The minimum atomic E-state index is -0.737. The quantitative estimate of drug-likeness (QED) is 0.891. The average molecular weight is 268 g/mol. The molecular weight excluding hydrogens is 250 g/mol. The van der Waals surface area contributed by atoms with Gasteiger partial charge < -0.3 is 10.2 Å². The summed E-state index contributed by atoms with van der Waals surface area (Å²) in [6.45, 7) is 3.76. The zero-order chi connectivity index (χ0) is 14.0. The monoisotopic (exact) mass is 268 g/mol. The van der Waals surface area contributed by atoms with E-state index in [1.165, 1.54) is 0 Å². The van der Waals surface area contributed by atoms with E-state index < -0.39 is 17.5 Å². The number of amides is 1. The third-order valence-electron chi connectivity index (χ3n) is 3.63. The fourth-order valence-electron chi connectivity index (χ4n) is 2.27. The van der Waals surface area contributed by atoms with Crippen LogP contribution >= 0.6 is 0 Å². The largest absolute Gasteiger partial charge is 0.347 e. The Morgan fingerprint density at radius 3 is 2.26 bits per heavy atom. The van der Waals surface area contributed by atoms with Gasteiger partial charge in [0.2, 0.25) is 0 Å².